The summed E-state index contributed by atoms with van der Waals surface area (Å²) in [4.78, 5) is 28.5. The van der Waals surface area contributed by atoms with Crippen LogP contribution in [0.1, 0.15) is 56.2 Å². The first kappa shape index (κ1) is 14.3. The van der Waals surface area contributed by atoms with Crippen molar-refractivity contribution in [3.8, 4) is 0 Å². The van der Waals surface area contributed by atoms with Crippen molar-refractivity contribution < 1.29 is 18.8 Å². The van der Waals surface area contributed by atoms with Gasteiger partial charge in [0.25, 0.3) is 0 Å². The lowest BCUT2D eigenvalue weighted by molar-refractivity contribution is 0.0216. The van der Waals surface area contributed by atoms with Crippen LogP contribution in [0.2, 0.25) is 0 Å². The number of nitrogens with zero attached hydrogens (tertiary/aromatic N) is 3. The number of carbonyl (C=O) groups excluding carboxylic acids is 2. The zero-order valence-electron chi connectivity index (χ0n) is 11.8. The predicted molar refractivity (Wildman–Crippen MR) is 67.7 cm³/mol. The highest BCUT2D eigenvalue weighted by Crippen LogP contribution is 2.31. The van der Waals surface area contributed by atoms with Gasteiger partial charge in [-0.25, -0.2) is 4.79 Å². The molecule has 2 amide bonds. The molecule has 2 rings (SSSR count). The molecule has 8 nitrogen and oxygen atoms in total. The largest absolute Gasteiger partial charge is 0.444 e. The number of nitrogens with two attached hydrogens (primary N) is 1. The van der Waals surface area contributed by atoms with Crippen molar-refractivity contribution in [2.45, 2.75) is 45.3 Å². The van der Waals surface area contributed by atoms with Gasteiger partial charge in [-0.05, 0) is 33.6 Å². The third-order valence-corrected chi connectivity index (χ3v) is 2.83. The Morgan fingerprint density at radius 3 is 2.70 bits per heavy atom. The van der Waals surface area contributed by atoms with Gasteiger partial charge in [-0.2, -0.15) is 4.98 Å². The summed E-state index contributed by atoms with van der Waals surface area (Å²) in [6.45, 7) is 5.96. The number of aromatic nitrogens is 2. The van der Waals surface area contributed by atoms with E-state index < -0.39 is 17.6 Å². The van der Waals surface area contributed by atoms with Crippen LogP contribution in [0.4, 0.5) is 4.79 Å². The van der Waals surface area contributed by atoms with Gasteiger partial charge in [0.1, 0.15) is 5.60 Å². The summed E-state index contributed by atoms with van der Waals surface area (Å²) in [7, 11) is 0. The van der Waals surface area contributed by atoms with E-state index in [2.05, 4.69) is 10.1 Å². The van der Waals surface area contributed by atoms with E-state index >= 15 is 0 Å². The average molecular weight is 282 g/mol. The highest BCUT2D eigenvalue weighted by atomic mass is 16.6. The first-order valence-corrected chi connectivity index (χ1v) is 6.41. The Morgan fingerprint density at radius 1 is 1.45 bits per heavy atom. The molecule has 1 aliphatic heterocycles. The van der Waals surface area contributed by atoms with Crippen molar-refractivity contribution in [1.29, 1.82) is 0 Å². The standard InChI is InChI=1S/C12H18N4O4/c1-12(2,3)19-11(18)16-6-4-5-7(16)9-14-10(8(13)17)20-15-9/h7H,4-6H2,1-3H3,(H2,13,17). The van der Waals surface area contributed by atoms with Gasteiger partial charge in [0.15, 0.2) is 5.82 Å². The second kappa shape index (κ2) is 5.10. The first-order valence-electron chi connectivity index (χ1n) is 6.41. The molecule has 2 N–H and O–H groups in total. The molecule has 1 unspecified atom stereocenters. The van der Waals surface area contributed by atoms with E-state index in [1.54, 1.807) is 25.7 Å². The number of likely N-dealkylation sites (tertiary alicyclic amines) is 1. The maximum atomic E-state index is 12.1. The highest BCUT2D eigenvalue weighted by Gasteiger charge is 2.36. The summed E-state index contributed by atoms with van der Waals surface area (Å²) in [6, 6.07) is -0.346. The monoisotopic (exact) mass is 282 g/mol. The van der Waals surface area contributed by atoms with E-state index in [0.29, 0.717) is 13.0 Å². The third-order valence-electron chi connectivity index (χ3n) is 2.83. The van der Waals surface area contributed by atoms with E-state index in [1.165, 1.54) is 0 Å². The van der Waals surface area contributed by atoms with Gasteiger partial charge in [-0.3, -0.25) is 9.69 Å². The Balaban J connectivity index is 2.14. The second-order valence-electron chi connectivity index (χ2n) is 5.65. The summed E-state index contributed by atoms with van der Waals surface area (Å²) in [6.07, 6.45) is 1.08. The number of hydrogen-bond acceptors (Lipinski definition) is 6. The number of hydrogen-bond donors (Lipinski definition) is 1. The summed E-state index contributed by atoms with van der Waals surface area (Å²) in [5.41, 5.74) is 4.49. The van der Waals surface area contributed by atoms with Crippen molar-refractivity contribution >= 4 is 12.0 Å². The van der Waals surface area contributed by atoms with Gasteiger partial charge >= 0.3 is 17.9 Å². The Morgan fingerprint density at radius 2 is 2.15 bits per heavy atom. The van der Waals surface area contributed by atoms with Crippen LogP contribution in [0.15, 0.2) is 4.52 Å². The minimum Gasteiger partial charge on any atom is -0.444 e. The number of rotatable bonds is 2. The van der Waals surface area contributed by atoms with Crippen molar-refractivity contribution in [1.82, 2.24) is 15.0 Å². The summed E-state index contributed by atoms with van der Waals surface area (Å²) < 4.78 is 10.1. The normalized spacial score (nSPS) is 19.1. The first-order chi connectivity index (χ1) is 9.28. The fraction of sp³-hybridized carbons (Fsp3) is 0.667. The van der Waals surface area contributed by atoms with Gasteiger partial charge < -0.3 is 15.0 Å². The zero-order chi connectivity index (χ0) is 14.9. The SMILES string of the molecule is CC(C)(C)OC(=O)N1CCCC1c1noc(C(N)=O)n1. The molecule has 1 saturated heterocycles. The van der Waals surface area contributed by atoms with Crippen LogP contribution < -0.4 is 5.73 Å². The molecule has 0 aliphatic carbocycles. The summed E-state index contributed by atoms with van der Waals surface area (Å²) in [5.74, 6) is -0.760. The fourth-order valence-corrected chi connectivity index (χ4v) is 2.04. The molecule has 0 spiro atoms. The summed E-state index contributed by atoms with van der Waals surface area (Å²) >= 11 is 0. The smallest absolute Gasteiger partial charge is 0.410 e. The van der Waals surface area contributed by atoms with Gasteiger partial charge in [0.2, 0.25) is 0 Å². The molecule has 2 heterocycles. The van der Waals surface area contributed by atoms with Crippen LogP contribution in [0.25, 0.3) is 0 Å². The van der Waals surface area contributed by atoms with E-state index in [-0.39, 0.29) is 17.8 Å². The van der Waals surface area contributed by atoms with Crippen LogP contribution in [0.5, 0.6) is 0 Å². The van der Waals surface area contributed by atoms with E-state index in [4.69, 9.17) is 15.0 Å². The molecule has 20 heavy (non-hydrogen) atoms. The molecule has 1 fully saturated rings. The molecular weight excluding hydrogens is 264 g/mol. The molecule has 0 radical (unpaired) electrons. The van der Waals surface area contributed by atoms with Crippen LogP contribution in [0.3, 0.4) is 0 Å². The van der Waals surface area contributed by atoms with Crippen LogP contribution in [0, 0.1) is 0 Å². The number of carbonyl (C=O) groups is 2. The molecule has 0 bridgehead atoms. The van der Waals surface area contributed by atoms with Crippen molar-refractivity contribution in [3.63, 3.8) is 0 Å². The maximum Gasteiger partial charge on any atom is 0.410 e. The second-order valence-corrected chi connectivity index (χ2v) is 5.65. The fourth-order valence-electron chi connectivity index (χ4n) is 2.04. The summed E-state index contributed by atoms with van der Waals surface area (Å²) in [5, 5.41) is 3.71. The van der Waals surface area contributed by atoms with Crippen molar-refractivity contribution in [3.05, 3.63) is 11.7 Å². The third kappa shape index (κ3) is 3.06. The number of amides is 2. The molecule has 1 aromatic heterocycles. The molecule has 1 atom stereocenters. The Kier molecular flexibility index (Phi) is 3.65. The number of ether oxygens (including phenoxy) is 1. The maximum absolute atomic E-state index is 12.1. The Bertz CT molecular complexity index is 520. The molecule has 1 aromatic rings. The average Bonchev–Trinajstić information content (AvgIpc) is 2.95. The molecule has 0 saturated carbocycles. The Labute approximate surface area is 116 Å². The van der Waals surface area contributed by atoms with Crippen molar-refractivity contribution in [2.24, 2.45) is 5.73 Å². The van der Waals surface area contributed by atoms with Gasteiger partial charge in [-0.15, -0.1) is 0 Å². The lowest BCUT2D eigenvalue weighted by atomic mass is 10.2. The Hall–Kier alpha value is -2.12. The van der Waals surface area contributed by atoms with Crippen molar-refractivity contribution in [2.75, 3.05) is 6.54 Å². The minimum absolute atomic E-state index is 0.254. The molecular formula is C12H18N4O4. The lowest BCUT2D eigenvalue weighted by Gasteiger charge is -2.27. The van der Waals surface area contributed by atoms with E-state index in [1.807, 2.05) is 0 Å². The van der Waals surface area contributed by atoms with Gasteiger partial charge in [0.05, 0.1) is 6.04 Å². The van der Waals surface area contributed by atoms with Crippen LogP contribution >= 0.6 is 0 Å². The van der Waals surface area contributed by atoms with Crippen LogP contribution in [-0.4, -0.2) is 39.2 Å². The predicted octanol–water partition coefficient (Wildman–Crippen LogP) is 1.24. The van der Waals surface area contributed by atoms with Gasteiger partial charge in [-0.1, -0.05) is 5.16 Å². The molecule has 110 valence electrons. The molecule has 0 aromatic carbocycles. The number of primary amides is 1. The topological polar surface area (TPSA) is 112 Å². The van der Waals surface area contributed by atoms with Gasteiger partial charge in [0, 0.05) is 6.54 Å². The minimum atomic E-state index is -0.787. The molecule has 1 aliphatic rings. The van der Waals surface area contributed by atoms with E-state index in [0.717, 1.165) is 6.42 Å². The highest BCUT2D eigenvalue weighted by molar-refractivity contribution is 5.87. The van der Waals surface area contributed by atoms with E-state index in [9.17, 15) is 9.59 Å². The lowest BCUT2D eigenvalue weighted by Crippen LogP contribution is -2.36. The zero-order valence-corrected chi connectivity index (χ0v) is 11.8. The molecule has 8 heteroatoms. The van der Waals surface area contributed by atoms with Crippen LogP contribution in [-0.2, 0) is 4.74 Å². The quantitative estimate of drug-likeness (QED) is 0.873.